The number of amides is 1. The second kappa shape index (κ2) is 7.09. The summed E-state index contributed by atoms with van der Waals surface area (Å²) >= 11 is 9.60. The summed E-state index contributed by atoms with van der Waals surface area (Å²) in [5.41, 5.74) is 0.747. The molecule has 0 aliphatic heterocycles. The maximum Gasteiger partial charge on any atom is 0.221 e. The Morgan fingerprint density at radius 1 is 1.38 bits per heavy atom. The first-order valence-corrected chi connectivity index (χ1v) is 7.92. The molecule has 0 spiro atoms. The van der Waals surface area contributed by atoms with Gasteiger partial charge in [0, 0.05) is 28.9 Å². The van der Waals surface area contributed by atoms with Gasteiger partial charge in [0.1, 0.15) is 5.82 Å². The maximum absolute atomic E-state index is 11.5. The summed E-state index contributed by atoms with van der Waals surface area (Å²) in [6.07, 6.45) is 0.409. The zero-order valence-corrected chi connectivity index (χ0v) is 14.3. The molecule has 1 amide bonds. The second-order valence-corrected chi connectivity index (χ2v) is 6.38. The molecule has 0 radical (unpaired) electrons. The molecular weight excluding hydrogens is 354 g/mol. The van der Waals surface area contributed by atoms with E-state index in [1.807, 2.05) is 38.1 Å². The van der Waals surface area contributed by atoms with Gasteiger partial charge < -0.3 is 10.6 Å². The molecule has 1 heterocycles. The molecule has 21 heavy (non-hydrogen) atoms. The molecule has 0 aliphatic carbocycles. The molecular formula is C15H17BrClN3O. The largest absolute Gasteiger partial charge is 0.370 e. The quantitative estimate of drug-likeness (QED) is 0.837. The van der Waals surface area contributed by atoms with Crippen molar-refractivity contribution >= 4 is 50.2 Å². The van der Waals surface area contributed by atoms with E-state index in [4.69, 9.17) is 11.6 Å². The van der Waals surface area contributed by atoms with Crippen LogP contribution in [0.4, 0.5) is 5.82 Å². The number of halogens is 2. The van der Waals surface area contributed by atoms with Gasteiger partial charge in [0.25, 0.3) is 0 Å². The molecule has 6 heteroatoms. The fourth-order valence-corrected chi connectivity index (χ4v) is 2.83. The van der Waals surface area contributed by atoms with E-state index < -0.39 is 0 Å². The van der Waals surface area contributed by atoms with Crippen LogP contribution in [-0.2, 0) is 4.79 Å². The first-order chi connectivity index (χ1) is 9.95. The van der Waals surface area contributed by atoms with E-state index in [0.717, 1.165) is 15.4 Å². The Balaban J connectivity index is 2.02. The minimum atomic E-state index is 0.0280. The van der Waals surface area contributed by atoms with Crippen LogP contribution in [0.15, 0.2) is 28.7 Å². The zero-order chi connectivity index (χ0) is 15.4. The van der Waals surface area contributed by atoms with Crippen molar-refractivity contribution in [1.82, 2.24) is 10.3 Å². The molecule has 0 aliphatic rings. The molecule has 0 bridgehead atoms. The number of hydrogen-bond donors (Lipinski definition) is 2. The monoisotopic (exact) mass is 369 g/mol. The predicted octanol–water partition coefficient (Wildman–Crippen LogP) is 3.98. The fourth-order valence-electron chi connectivity index (χ4n) is 1.95. The summed E-state index contributed by atoms with van der Waals surface area (Å²) < 4.78 is 0.924. The normalized spacial score (nSPS) is 10.9. The Kier molecular flexibility index (Phi) is 5.42. The Bertz CT molecular complexity index is 661. The Morgan fingerprint density at radius 3 is 2.86 bits per heavy atom. The first kappa shape index (κ1) is 16.0. The van der Waals surface area contributed by atoms with E-state index in [9.17, 15) is 4.79 Å². The molecule has 0 fully saturated rings. The van der Waals surface area contributed by atoms with Crippen molar-refractivity contribution in [1.29, 1.82) is 0 Å². The predicted molar refractivity (Wildman–Crippen MR) is 90.8 cm³/mol. The summed E-state index contributed by atoms with van der Waals surface area (Å²) in [4.78, 5) is 16.0. The van der Waals surface area contributed by atoms with Crippen LogP contribution in [0.3, 0.4) is 0 Å². The average molecular weight is 371 g/mol. The maximum atomic E-state index is 11.5. The molecule has 0 saturated heterocycles. The number of hydrogen-bond acceptors (Lipinski definition) is 3. The molecule has 0 atom stereocenters. The van der Waals surface area contributed by atoms with Gasteiger partial charge in [0.2, 0.25) is 5.91 Å². The lowest BCUT2D eigenvalue weighted by Crippen LogP contribution is -2.31. The molecule has 1 aromatic heterocycles. The number of nitrogens with zero attached hydrogens (tertiary/aromatic N) is 1. The van der Waals surface area contributed by atoms with Crippen molar-refractivity contribution in [3.8, 4) is 0 Å². The first-order valence-electron chi connectivity index (χ1n) is 6.75. The highest BCUT2D eigenvalue weighted by Gasteiger charge is 2.06. The van der Waals surface area contributed by atoms with Gasteiger partial charge in [-0.25, -0.2) is 4.98 Å². The van der Waals surface area contributed by atoms with Crippen LogP contribution < -0.4 is 10.6 Å². The van der Waals surface area contributed by atoms with Gasteiger partial charge in [-0.1, -0.05) is 27.5 Å². The Labute approximate surface area is 137 Å². The number of fused-ring (bicyclic) bond motifs is 1. The van der Waals surface area contributed by atoms with Gasteiger partial charge in [-0.05, 0) is 38.1 Å². The van der Waals surface area contributed by atoms with Crippen LogP contribution >= 0.6 is 27.5 Å². The summed E-state index contributed by atoms with van der Waals surface area (Å²) in [7, 11) is 0. The number of aromatic nitrogens is 1. The third-order valence-corrected chi connectivity index (χ3v) is 3.56. The summed E-state index contributed by atoms with van der Waals surface area (Å²) in [6.45, 7) is 4.41. The van der Waals surface area contributed by atoms with Gasteiger partial charge >= 0.3 is 0 Å². The molecule has 2 N–H and O–H groups in total. The number of nitrogens with one attached hydrogen (secondary N) is 2. The van der Waals surface area contributed by atoms with Crippen molar-refractivity contribution < 1.29 is 4.79 Å². The number of pyridine rings is 1. The lowest BCUT2D eigenvalue weighted by atomic mass is 10.2. The molecule has 1 aromatic carbocycles. The van der Waals surface area contributed by atoms with Crippen molar-refractivity contribution in [2.75, 3.05) is 11.9 Å². The van der Waals surface area contributed by atoms with E-state index >= 15 is 0 Å². The van der Waals surface area contributed by atoms with E-state index in [0.29, 0.717) is 23.8 Å². The number of benzene rings is 1. The molecule has 0 unspecified atom stereocenters. The SMILES string of the molecule is CC(C)NC(=O)CCNc1ccc2cc(Br)cc(Cl)c2n1. The van der Waals surface area contributed by atoms with Crippen LogP contribution in [0.1, 0.15) is 20.3 Å². The average Bonchev–Trinajstić information content (AvgIpc) is 2.38. The van der Waals surface area contributed by atoms with Gasteiger partial charge in [-0.3, -0.25) is 4.79 Å². The molecule has 0 saturated carbocycles. The van der Waals surface area contributed by atoms with E-state index in [1.165, 1.54) is 0 Å². The minimum Gasteiger partial charge on any atom is -0.370 e. The van der Waals surface area contributed by atoms with Gasteiger partial charge in [0.05, 0.1) is 10.5 Å². The van der Waals surface area contributed by atoms with Crippen molar-refractivity contribution in [3.63, 3.8) is 0 Å². The van der Waals surface area contributed by atoms with Crippen LogP contribution in [-0.4, -0.2) is 23.5 Å². The third kappa shape index (κ3) is 4.58. The highest BCUT2D eigenvalue weighted by Crippen LogP contribution is 2.27. The van der Waals surface area contributed by atoms with Gasteiger partial charge in [-0.15, -0.1) is 0 Å². The lowest BCUT2D eigenvalue weighted by molar-refractivity contribution is -0.121. The van der Waals surface area contributed by atoms with E-state index in [2.05, 4.69) is 31.5 Å². The highest BCUT2D eigenvalue weighted by atomic mass is 79.9. The smallest absolute Gasteiger partial charge is 0.221 e. The lowest BCUT2D eigenvalue weighted by Gasteiger charge is -2.10. The summed E-state index contributed by atoms with van der Waals surface area (Å²) in [6, 6.07) is 7.78. The molecule has 2 aromatic rings. The third-order valence-electron chi connectivity index (χ3n) is 2.82. The highest BCUT2D eigenvalue weighted by molar-refractivity contribution is 9.10. The number of carbonyl (C=O) groups is 1. The van der Waals surface area contributed by atoms with E-state index in [-0.39, 0.29) is 11.9 Å². The second-order valence-electron chi connectivity index (χ2n) is 5.05. The van der Waals surface area contributed by atoms with Crippen LogP contribution in [0.25, 0.3) is 10.9 Å². The number of carbonyl (C=O) groups excluding carboxylic acids is 1. The number of rotatable bonds is 5. The Hall–Kier alpha value is -1.33. The van der Waals surface area contributed by atoms with Crippen molar-refractivity contribution in [2.24, 2.45) is 0 Å². The van der Waals surface area contributed by atoms with Crippen LogP contribution in [0.2, 0.25) is 5.02 Å². The zero-order valence-electron chi connectivity index (χ0n) is 11.9. The van der Waals surface area contributed by atoms with Crippen molar-refractivity contribution in [3.05, 3.63) is 33.8 Å². The molecule has 4 nitrogen and oxygen atoms in total. The molecule has 112 valence electrons. The van der Waals surface area contributed by atoms with Gasteiger partial charge in [-0.2, -0.15) is 0 Å². The van der Waals surface area contributed by atoms with E-state index in [1.54, 1.807) is 0 Å². The summed E-state index contributed by atoms with van der Waals surface area (Å²) in [5, 5.41) is 7.56. The standard InChI is InChI=1S/C15H17BrClN3O/c1-9(2)19-14(21)5-6-18-13-4-3-10-7-11(16)8-12(17)15(10)20-13/h3-4,7-9H,5-6H2,1-2H3,(H,18,20)(H,19,21). The summed E-state index contributed by atoms with van der Waals surface area (Å²) in [5.74, 6) is 0.740. The van der Waals surface area contributed by atoms with Crippen molar-refractivity contribution in [2.45, 2.75) is 26.3 Å². The topological polar surface area (TPSA) is 54.0 Å². The minimum absolute atomic E-state index is 0.0280. The fraction of sp³-hybridized carbons (Fsp3) is 0.333. The molecule has 2 rings (SSSR count). The Morgan fingerprint density at radius 2 is 2.14 bits per heavy atom. The van der Waals surface area contributed by atoms with Crippen LogP contribution in [0, 0.1) is 0 Å². The number of anilines is 1. The van der Waals surface area contributed by atoms with Crippen LogP contribution in [0.5, 0.6) is 0 Å². The van der Waals surface area contributed by atoms with Gasteiger partial charge in [0.15, 0.2) is 0 Å².